The van der Waals surface area contributed by atoms with Crippen LogP contribution in [0.3, 0.4) is 0 Å². The predicted octanol–water partition coefficient (Wildman–Crippen LogP) is 1.79. The molecular weight excluding hydrogens is 158 g/mol. The molecule has 0 N–H and O–H groups in total. The van der Waals surface area contributed by atoms with Gasteiger partial charge in [-0.05, 0) is 12.5 Å². The molecule has 0 aliphatic carbocycles. The van der Waals surface area contributed by atoms with Crippen molar-refractivity contribution < 1.29 is 4.92 Å². The van der Waals surface area contributed by atoms with Gasteiger partial charge in [-0.25, -0.2) is 0 Å². The van der Waals surface area contributed by atoms with E-state index >= 15 is 0 Å². The molecule has 3 nitrogen and oxygen atoms in total. The fourth-order valence-corrected chi connectivity index (χ4v) is 1.38. The third-order valence-electron chi connectivity index (χ3n) is 0.608. The summed E-state index contributed by atoms with van der Waals surface area (Å²) in [5.41, 5.74) is 0. The van der Waals surface area contributed by atoms with Gasteiger partial charge in [0.05, 0.1) is 10.3 Å². The molecule has 0 heterocycles. The zero-order valence-corrected chi connectivity index (χ0v) is 6.79. The normalized spacial score (nSPS) is 11.6. The molecule has 0 aromatic carbocycles. The average Bonchev–Trinajstić information content (AvgIpc) is 1.82. The lowest BCUT2D eigenvalue weighted by Crippen LogP contribution is -1.91. The van der Waals surface area contributed by atoms with E-state index in [2.05, 4.69) is 0 Å². The van der Waals surface area contributed by atoms with E-state index < -0.39 is 0 Å². The van der Waals surface area contributed by atoms with Gasteiger partial charge in [-0.3, -0.25) is 10.1 Å². The van der Waals surface area contributed by atoms with Crippen molar-refractivity contribution in [3.05, 3.63) is 20.6 Å². The van der Waals surface area contributed by atoms with Crippen molar-refractivity contribution in [2.75, 3.05) is 12.5 Å². The molecule has 0 aliphatic heterocycles. The Morgan fingerprint density at radius 2 is 2.22 bits per heavy atom. The Morgan fingerprint density at radius 1 is 1.67 bits per heavy atom. The summed E-state index contributed by atoms with van der Waals surface area (Å²) in [7, 11) is 0. The van der Waals surface area contributed by atoms with E-state index in [1.165, 1.54) is 17.2 Å². The van der Waals surface area contributed by atoms with Crippen LogP contribution in [0.4, 0.5) is 0 Å². The second-order valence-corrected chi connectivity index (χ2v) is 2.69. The van der Waals surface area contributed by atoms with Crippen LogP contribution >= 0.6 is 23.5 Å². The molecule has 5 heteroatoms. The highest BCUT2D eigenvalue weighted by molar-refractivity contribution is 8.05. The Balaban J connectivity index is 3.98. The fourth-order valence-electron chi connectivity index (χ4n) is 0.266. The number of rotatable bonds is 3. The quantitative estimate of drug-likeness (QED) is 0.472. The summed E-state index contributed by atoms with van der Waals surface area (Å²) < 4.78 is 0. The van der Waals surface area contributed by atoms with E-state index in [-0.39, 0.29) is 9.95 Å². The molecule has 0 radical (unpaired) electrons. The molecule has 0 aliphatic rings. The molecule has 0 bridgehead atoms. The monoisotopic (exact) mass is 165 g/mol. The third-order valence-corrected chi connectivity index (χ3v) is 1.90. The highest BCUT2D eigenvalue weighted by atomic mass is 32.2. The van der Waals surface area contributed by atoms with Gasteiger partial charge in [0.25, 0.3) is 0 Å². The van der Waals surface area contributed by atoms with E-state index in [0.717, 1.165) is 11.8 Å². The minimum atomic E-state index is -0.388. The summed E-state index contributed by atoms with van der Waals surface area (Å²) in [6.07, 6.45) is 3.48. The maximum Gasteiger partial charge on any atom is 0.309 e. The highest BCUT2D eigenvalue weighted by Gasteiger charge is 2.05. The predicted molar refractivity (Wildman–Crippen MR) is 42.1 cm³/mol. The molecule has 0 saturated carbocycles. The lowest BCUT2D eigenvalue weighted by molar-refractivity contribution is -0.410. The summed E-state index contributed by atoms with van der Waals surface area (Å²) >= 11 is 2.48. The van der Waals surface area contributed by atoms with Crippen molar-refractivity contribution in [2.45, 2.75) is 0 Å². The Labute approximate surface area is 62.0 Å². The Kier molecular flexibility index (Phi) is 4.61. The summed E-state index contributed by atoms with van der Waals surface area (Å²) in [6, 6.07) is 0. The number of nitrogens with zero attached hydrogens (tertiary/aromatic N) is 1. The number of thioether (sulfide) groups is 2. The van der Waals surface area contributed by atoms with Crippen LogP contribution in [0.2, 0.25) is 0 Å². The van der Waals surface area contributed by atoms with Crippen molar-refractivity contribution >= 4 is 23.5 Å². The largest absolute Gasteiger partial charge is 0.309 e. The molecule has 9 heavy (non-hydrogen) atoms. The van der Waals surface area contributed by atoms with E-state index in [9.17, 15) is 10.1 Å². The van der Waals surface area contributed by atoms with Gasteiger partial charge < -0.3 is 0 Å². The van der Waals surface area contributed by atoms with Gasteiger partial charge in [-0.15, -0.1) is 11.8 Å². The number of hydrogen-bond donors (Lipinski definition) is 0. The second kappa shape index (κ2) is 4.69. The van der Waals surface area contributed by atoms with Crippen LogP contribution in [0.15, 0.2) is 10.4 Å². The van der Waals surface area contributed by atoms with Crippen molar-refractivity contribution in [1.29, 1.82) is 0 Å². The van der Waals surface area contributed by atoms with Crippen LogP contribution in [-0.2, 0) is 0 Å². The Hall–Kier alpha value is -0.160. The minimum absolute atomic E-state index is 0.197. The minimum Gasteiger partial charge on any atom is -0.258 e. The van der Waals surface area contributed by atoms with Crippen molar-refractivity contribution in [2.24, 2.45) is 0 Å². The molecule has 52 valence electrons. The van der Waals surface area contributed by atoms with Gasteiger partial charge in [-0.2, -0.15) is 0 Å². The molecule has 0 saturated heterocycles. The first-order chi connectivity index (χ1) is 4.22. The van der Waals surface area contributed by atoms with Gasteiger partial charge in [0.1, 0.15) is 0 Å². The molecule has 0 rings (SSSR count). The van der Waals surface area contributed by atoms with Gasteiger partial charge in [0, 0.05) is 0 Å². The summed E-state index contributed by atoms with van der Waals surface area (Å²) in [4.78, 5) is 9.64. The zero-order chi connectivity index (χ0) is 7.28. The second-order valence-electron chi connectivity index (χ2n) is 1.15. The van der Waals surface area contributed by atoms with E-state index in [4.69, 9.17) is 0 Å². The number of hydrogen-bond acceptors (Lipinski definition) is 4. The van der Waals surface area contributed by atoms with E-state index in [0.29, 0.717) is 0 Å². The SMILES string of the molecule is CSC=C(SC)[N+](=O)[O-]. The lowest BCUT2D eigenvalue weighted by Gasteiger charge is -1.88. The molecule has 0 atom stereocenters. The smallest absolute Gasteiger partial charge is 0.258 e. The summed E-state index contributed by atoms with van der Waals surface area (Å²) in [5, 5.41) is 11.7. The Morgan fingerprint density at radius 3 is 2.33 bits per heavy atom. The molecule has 0 aromatic heterocycles. The van der Waals surface area contributed by atoms with Crippen LogP contribution in [-0.4, -0.2) is 17.4 Å². The maximum atomic E-state index is 10.0. The standard InChI is InChI=1S/C4H7NO2S2/c1-8-3-4(9-2)5(6)7/h3H,1-2H3. The first-order valence-electron chi connectivity index (χ1n) is 2.13. The average molecular weight is 165 g/mol. The topological polar surface area (TPSA) is 43.1 Å². The molecule has 0 unspecified atom stereocenters. The Bertz CT molecular complexity index is 135. The van der Waals surface area contributed by atoms with Gasteiger partial charge >= 0.3 is 5.03 Å². The first kappa shape index (κ1) is 8.84. The summed E-state index contributed by atoms with van der Waals surface area (Å²) in [5.74, 6) is 0. The van der Waals surface area contributed by atoms with E-state index in [1.807, 2.05) is 0 Å². The van der Waals surface area contributed by atoms with Crippen LogP contribution in [0.1, 0.15) is 0 Å². The van der Waals surface area contributed by atoms with Crippen molar-refractivity contribution in [3.63, 3.8) is 0 Å². The number of nitro groups is 1. The molecule has 0 aromatic rings. The third kappa shape index (κ3) is 3.42. The van der Waals surface area contributed by atoms with Crippen LogP contribution in [0, 0.1) is 10.1 Å². The zero-order valence-electron chi connectivity index (χ0n) is 5.16. The van der Waals surface area contributed by atoms with E-state index in [1.54, 1.807) is 12.5 Å². The van der Waals surface area contributed by atoms with Crippen LogP contribution < -0.4 is 0 Å². The van der Waals surface area contributed by atoms with Gasteiger partial charge in [0.2, 0.25) is 0 Å². The highest BCUT2D eigenvalue weighted by Crippen LogP contribution is 2.14. The van der Waals surface area contributed by atoms with Gasteiger partial charge in [0.15, 0.2) is 0 Å². The molecule has 0 fully saturated rings. The van der Waals surface area contributed by atoms with Gasteiger partial charge in [-0.1, -0.05) is 11.8 Å². The van der Waals surface area contributed by atoms with Crippen LogP contribution in [0.5, 0.6) is 0 Å². The maximum absolute atomic E-state index is 10.0. The van der Waals surface area contributed by atoms with Crippen molar-refractivity contribution in [3.8, 4) is 0 Å². The first-order valence-corrected chi connectivity index (χ1v) is 4.65. The van der Waals surface area contributed by atoms with Crippen molar-refractivity contribution in [1.82, 2.24) is 0 Å². The molecule has 0 spiro atoms. The summed E-state index contributed by atoms with van der Waals surface area (Å²) in [6.45, 7) is 0. The lowest BCUT2D eigenvalue weighted by atomic mass is 11.0. The molecule has 0 amide bonds. The fraction of sp³-hybridized carbons (Fsp3) is 0.500. The molecular formula is C4H7NO2S2. The van der Waals surface area contributed by atoms with Crippen LogP contribution in [0.25, 0.3) is 0 Å².